The second-order valence-electron chi connectivity index (χ2n) is 7.28. The van der Waals surface area contributed by atoms with Gasteiger partial charge in [-0.2, -0.15) is 0 Å². The average Bonchev–Trinajstić information content (AvgIpc) is 2.78. The molecule has 2 aliphatic heterocycles. The average molecular weight is 315 g/mol. The van der Waals surface area contributed by atoms with Crippen molar-refractivity contribution in [2.45, 2.75) is 63.5 Å². The molecule has 21 heavy (non-hydrogen) atoms. The molecule has 3 atom stereocenters. The predicted molar refractivity (Wildman–Crippen MR) is 84.1 cm³/mol. The van der Waals surface area contributed by atoms with Crippen molar-refractivity contribution in [3.8, 4) is 0 Å². The molecule has 3 rings (SSSR count). The van der Waals surface area contributed by atoms with Crippen LogP contribution < -0.4 is 5.32 Å². The Morgan fingerprint density at radius 1 is 1.29 bits per heavy atom. The van der Waals surface area contributed by atoms with Crippen LogP contribution in [-0.2, 0) is 14.6 Å². The maximum atomic E-state index is 11.8. The lowest BCUT2D eigenvalue weighted by Crippen LogP contribution is -2.52. The van der Waals surface area contributed by atoms with E-state index < -0.39 is 9.84 Å². The summed E-state index contributed by atoms with van der Waals surface area (Å²) < 4.78 is 29.7. The van der Waals surface area contributed by atoms with Crippen LogP contribution in [0.1, 0.15) is 51.9 Å². The fourth-order valence-electron chi connectivity index (χ4n) is 4.43. The topological polar surface area (TPSA) is 55.4 Å². The number of nitrogens with one attached hydrogen (secondary N) is 1. The van der Waals surface area contributed by atoms with Crippen LogP contribution in [0.5, 0.6) is 0 Å². The van der Waals surface area contributed by atoms with Gasteiger partial charge in [-0.15, -0.1) is 0 Å². The first-order valence-electron chi connectivity index (χ1n) is 8.61. The van der Waals surface area contributed by atoms with Crippen molar-refractivity contribution >= 4 is 9.84 Å². The Kier molecular flexibility index (Phi) is 4.63. The number of sulfone groups is 1. The summed E-state index contributed by atoms with van der Waals surface area (Å²) in [5.74, 6) is 1.67. The lowest BCUT2D eigenvalue weighted by Gasteiger charge is -2.49. The molecule has 0 aromatic rings. The molecular weight excluding hydrogens is 286 g/mol. The van der Waals surface area contributed by atoms with E-state index in [1.807, 2.05) is 0 Å². The summed E-state index contributed by atoms with van der Waals surface area (Å²) in [6, 6.07) is 0.364. The highest BCUT2D eigenvalue weighted by Gasteiger charge is 2.46. The van der Waals surface area contributed by atoms with Crippen molar-refractivity contribution in [3.05, 3.63) is 0 Å². The van der Waals surface area contributed by atoms with Gasteiger partial charge in [-0.1, -0.05) is 6.92 Å². The molecule has 1 aliphatic carbocycles. The summed E-state index contributed by atoms with van der Waals surface area (Å²) in [7, 11) is -2.80. The first-order valence-corrected chi connectivity index (χ1v) is 10.4. The van der Waals surface area contributed by atoms with E-state index in [0.29, 0.717) is 29.4 Å². The van der Waals surface area contributed by atoms with E-state index >= 15 is 0 Å². The third-order valence-electron chi connectivity index (χ3n) is 5.71. The highest BCUT2D eigenvalue weighted by Crippen LogP contribution is 2.46. The van der Waals surface area contributed by atoms with E-state index in [9.17, 15) is 8.42 Å². The zero-order chi connectivity index (χ0) is 14.9. The van der Waals surface area contributed by atoms with Gasteiger partial charge in [0.25, 0.3) is 0 Å². The molecule has 0 amide bonds. The molecule has 0 bridgehead atoms. The van der Waals surface area contributed by atoms with Crippen LogP contribution in [0.15, 0.2) is 0 Å². The van der Waals surface area contributed by atoms with Crippen LogP contribution in [0.3, 0.4) is 0 Å². The molecule has 122 valence electrons. The molecule has 3 aliphatic rings. The van der Waals surface area contributed by atoms with Gasteiger partial charge < -0.3 is 10.1 Å². The van der Waals surface area contributed by atoms with Crippen LogP contribution in [0.2, 0.25) is 0 Å². The van der Waals surface area contributed by atoms with Crippen molar-refractivity contribution < 1.29 is 13.2 Å². The van der Waals surface area contributed by atoms with Gasteiger partial charge in [-0.3, -0.25) is 0 Å². The molecule has 3 unspecified atom stereocenters. The van der Waals surface area contributed by atoms with Crippen LogP contribution in [0, 0.1) is 11.8 Å². The third-order valence-corrected chi connectivity index (χ3v) is 7.50. The molecule has 0 radical (unpaired) electrons. The largest absolute Gasteiger partial charge is 0.375 e. The molecular formula is C16H29NO3S. The van der Waals surface area contributed by atoms with E-state index in [2.05, 4.69) is 12.2 Å². The van der Waals surface area contributed by atoms with E-state index in [4.69, 9.17) is 4.74 Å². The minimum Gasteiger partial charge on any atom is -0.375 e. The quantitative estimate of drug-likeness (QED) is 0.844. The fraction of sp³-hybridized carbons (Fsp3) is 1.00. The van der Waals surface area contributed by atoms with E-state index in [0.717, 1.165) is 38.8 Å². The SMILES string of the molecule is CCCNC(C1CCOC2(CCC2)C1)C1CCS(=O)(=O)C1. The maximum Gasteiger partial charge on any atom is 0.150 e. The number of ether oxygens (including phenoxy) is 1. The normalized spacial score (nSPS) is 35.5. The Balaban J connectivity index is 1.69. The highest BCUT2D eigenvalue weighted by molar-refractivity contribution is 7.91. The number of hydrogen-bond acceptors (Lipinski definition) is 4. The zero-order valence-corrected chi connectivity index (χ0v) is 14.0. The van der Waals surface area contributed by atoms with Gasteiger partial charge in [-0.05, 0) is 63.3 Å². The first-order chi connectivity index (χ1) is 10.0. The van der Waals surface area contributed by atoms with Crippen LogP contribution in [0.25, 0.3) is 0 Å². The number of rotatable bonds is 5. The summed E-state index contributed by atoms with van der Waals surface area (Å²) in [5, 5.41) is 3.68. The van der Waals surface area contributed by atoms with Crippen molar-refractivity contribution in [2.75, 3.05) is 24.7 Å². The van der Waals surface area contributed by atoms with Crippen molar-refractivity contribution in [1.82, 2.24) is 5.32 Å². The Bertz CT molecular complexity index is 458. The monoisotopic (exact) mass is 315 g/mol. The molecule has 4 nitrogen and oxygen atoms in total. The lowest BCUT2D eigenvalue weighted by molar-refractivity contribution is -0.148. The lowest BCUT2D eigenvalue weighted by atomic mass is 9.69. The molecule has 3 fully saturated rings. The van der Waals surface area contributed by atoms with E-state index in [1.54, 1.807) is 0 Å². The maximum absolute atomic E-state index is 11.8. The van der Waals surface area contributed by atoms with Gasteiger partial charge >= 0.3 is 0 Å². The summed E-state index contributed by atoms with van der Waals surface area (Å²) >= 11 is 0. The molecule has 0 aromatic carbocycles. The second kappa shape index (κ2) is 6.17. The van der Waals surface area contributed by atoms with Gasteiger partial charge in [0.1, 0.15) is 0 Å². The number of hydrogen-bond donors (Lipinski definition) is 1. The van der Waals surface area contributed by atoms with E-state index in [1.165, 1.54) is 19.3 Å². The molecule has 1 N–H and O–H groups in total. The molecule has 2 saturated heterocycles. The molecule has 0 aromatic heterocycles. The van der Waals surface area contributed by atoms with Crippen LogP contribution in [0.4, 0.5) is 0 Å². The Morgan fingerprint density at radius 2 is 2.10 bits per heavy atom. The zero-order valence-electron chi connectivity index (χ0n) is 13.1. The summed E-state index contributed by atoms with van der Waals surface area (Å²) in [4.78, 5) is 0. The minimum absolute atomic E-state index is 0.145. The Morgan fingerprint density at radius 3 is 2.67 bits per heavy atom. The minimum atomic E-state index is -2.80. The van der Waals surface area contributed by atoms with Crippen LogP contribution in [-0.4, -0.2) is 44.7 Å². The standard InChI is InChI=1S/C16H29NO3S/c1-2-8-17-15(14-5-10-21(18,19)12-14)13-4-9-20-16(11-13)6-3-7-16/h13-15,17H,2-12H2,1H3. The Hall–Kier alpha value is -0.130. The van der Waals surface area contributed by atoms with Crippen LogP contribution >= 0.6 is 0 Å². The molecule has 1 saturated carbocycles. The first kappa shape index (κ1) is 15.8. The second-order valence-corrected chi connectivity index (χ2v) is 9.51. The van der Waals surface area contributed by atoms with Gasteiger partial charge in [0.2, 0.25) is 0 Å². The van der Waals surface area contributed by atoms with Gasteiger partial charge in [-0.25, -0.2) is 8.42 Å². The summed E-state index contributed by atoms with van der Waals surface area (Å²) in [5.41, 5.74) is 0.145. The van der Waals surface area contributed by atoms with Gasteiger partial charge in [0.05, 0.1) is 17.1 Å². The summed E-state index contributed by atoms with van der Waals surface area (Å²) in [6.07, 6.45) is 7.85. The smallest absolute Gasteiger partial charge is 0.150 e. The highest BCUT2D eigenvalue weighted by atomic mass is 32.2. The molecule has 5 heteroatoms. The van der Waals surface area contributed by atoms with Gasteiger partial charge in [0.15, 0.2) is 9.84 Å². The van der Waals surface area contributed by atoms with Crippen molar-refractivity contribution in [3.63, 3.8) is 0 Å². The summed E-state index contributed by atoms with van der Waals surface area (Å²) in [6.45, 7) is 4.02. The van der Waals surface area contributed by atoms with Gasteiger partial charge in [0, 0.05) is 12.6 Å². The van der Waals surface area contributed by atoms with E-state index in [-0.39, 0.29) is 5.60 Å². The van der Waals surface area contributed by atoms with Crippen molar-refractivity contribution in [1.29, 1.82) is 0 Å². The predicted octanol–water partition coefficient (Wildman–Crippen LogP) is 2.14. The Labute approximate surface area is 128 Å². The van der Waals surface area contributed by atoms with Crippen molar-refractivity contribution in [2.24, 2.45) is 11.8 Å². The molecule has 1 spiro atoms. The fourth-order valence-corrected chi connectivity index (χ4v) is 6.28. The molecule has 2 heterocycles. The third kappa shape index (κ3) is 3.45.